The maximum Gasteiger partial charge on any atom is 0.317 e. The number of urea groups is 1. The van der Waals surface area contributed by atoms with Crippen LogP contribution in [-0.2, 0) is 13.0 Å². The lowest BCUT2D eigenvalue weighted by atomic mass is 10.0. The van der Waals surface area contributed by atoms with E-state index >= 15 is 0 Å². The van der Waals surface area contributed by atoms with Gasteiger partial charge in [0, 0.05) is 61.4 Å². The van der Waals surface area contributed by atoms with Crippen LogP contribution in [0.3, 0.4) is 0 Å². The van der Waals surface area contributed by atoms with Crippen molar-refractivity contribution in [3.05, 3.63) is 53.4 Å². The quantitative estimate of drug-likeness (QED) is 0.812. The number of hydrogen-bond acceptors (Lipinski definition) is 4. The fraction of sp³-hybridized carbons (Fsp3) is 0.263. The second-order valence-corrected chi connectivity index (χ2v) is 6.00. The van der Waals surface area contributed by atoms with Crippen LogP contribution in [0.25, 0.3) is 11.3 Å². The van der Waals surface area contributed by atoms with Crippen molar-refractivity contribution < 1.29 is 4.79 Å². The number of aliphatic imine (C=N–C) groups is 2. The van der Waals surface area contributed by atoms with E-state index in [1.54, 1.807) is 24.4 Å². The number of nitrogens with zero attached hydrogens (tertiary/aromatic N) is 4. The molecule has 0 fully saturated rings. The van der Waals surface area contributed by atoms with Crippen molar-refractivity contribution in [2.45, 2.75) is 13.0 Å². The lowest BCUT2D eigenvalue weighted by Gasteiger charge is -2.27. The largest absolute Gasteiger partial charge is 0.334 e. The summed E-state index contributed by atoms with van der Waals surface area (Å²) in [4.78, 5) is 22.0. The van der Waals surface area contributed by atoms with E-state index in [-0.39, 0.29) is 6.03 Å². The first-order chi connectivity index (χ1) is 12.7. The zero-order valence-corrected chi connectivity index (χ0v) is 14.8. The molecule has 0 unspecified atom stereocenters. The predicted molar refractivity (Wildman–Crippen MR) is 104 cm³/mol. The van der Waals surface area contributed by atoms with Crippen molar-refractivity contribution in [1.29, 1.82) is 0 Å². The van der Waals surface area contributed by atoms with Crippen LogP contribution >= 0.6 is 0 Å². The number of aromatic nitrogens is 2. The van der Waals surface area contributed by atoms with E-state index in [9.17, 15) is 4.79 Å². The van der Waals surface area contributed by atoms with Crippen LogP contribution in [0.4, 0.5) is 4.79 Å². The molecular weight excluding hydrogens is 328 g/mol. The molecule has 0 spiro atoms. The third kappa shape index (κ3) is 3.88. The minimum Gasteiger partial charge on any atom is -0.334 e. The zero-order chi connectivity index (χ0) is 18.4. The Labute approximate surface area is 152 Å². The van der Waals surface area contributed by atoms with Gasteiger partial charge in [0.15, 0.2) is 0 Å². The van der Waals surface area contributed by atoms with Crippen molar-refractivity contribution in [2.24, 2.45) is 9.98 Å². The second kappa shape index (κ2) is 8.24. The molecule has 3 rings (SSSR count). The lowest BCUT2D eigenvalue weighted by molar-refractivity contribution is 0.193. The highest BCUT2D eigenvalue weighted by atomic mass is 16.2. The summed E-state index contributed by atoms with van der Waals surface area (Å²) in [5.41, 5.74) is 4.93. The third-order valence-corrected chi connectivity index (χ3v) is 4.26. The van der Waals surface area contributed by atoms with Crippen LogP contribution < -0.4 is 5.32 Å². The summed E-state index contributed by atoms with van der Waals surface area (Å²) in [6.07, 6.45) is 4.01. The van der Waals surface area contributed by atoms with Gasteiger partial charge < -0.3 is 10.2 Å². The minimum atomic E-state index is -0.115. The molecule has 0 radical (unpaired) electrons. The molecule has 1 aromatic carbocycles. The summed E-state index contributed by atoms with van der Waals surface area (Å²) in [5, 5.41) is 10.5. The molecule has 0 aliphatic carbocycles. The van der Waals surface area contributed by atoms with Gasteiger partial charge in [-0.25, -0.2) is 4.79 Å². The average molecular weight is 350 g/mol. The van der Waals surface area contributed by atoms with Gasteiger partial charge >= 0.3 is 6.03 Å². The number of fused-ring (bicyclic) bond motifs is 1. The summed E-state index contributed by atoms with van der Waals surface area (Å²) in [5.74, 6) is 0. The smallest absolute Gasteiger partial charge is 0.317 e. The number of nitrogens with one attached hydrogen (secondary N) is 2. The molecule has 0 bridgehead atoms. The number of rotatable bonds is 5. The van der Waals surface area contributed by atoms with E-state index in [0.717, 1.165) is 34.5 Å². The first-order valence-corrected chi connectivity index (χ1v) is 8.44. The number of amides is 2. The summed E-state index contributed by atoms with van der Waals surface area (Å²) < 4.78 is 0. The number of benzene rings is 1. The van der Waals surface area contributed by atoms with Crippen LogP contribution in [0.2, 0.25) is 0 Å². The summed E-state index contributed by atoms with van der Waals surface area (Å²) >= 11 is 0. The topological polar surface area (TPSA) is 85.7 Å². The molecule has 2 N–H and O–H groups in total. The molecule has 7 nitrogen and oxygen atoms in total. The first-order valence-electron chi connectivity index (χ1n) is 8.44. The molecule has 134 valence electrons. The van der Waals surface area contributed by atoms with E-state index in [0.29, 0.717) is 19.6 Å². The van der Waals surface area contributed by atoms with Crippen LogP contribution in [0, 0.1) is 0 Å². The maximum atomic E-state index is 12.6. The van der Waals surface area contributed by atoms with E-state index in [4.69, 9.17) is 0 Å². The molecule has 7 heteroatoms. The lowest BCUT2D eigenvalue weighted by Crippen LogP contribution is -2.43. The highest BCUT2D eigenvalue weighted by Gasteiger charge is 2.25. The van der Waals surface area contributed by atoms with Crippen molar-refractivity contribution in [3.8, 4) is 11.3 Å². The van der Waals surface area contributed by atoms with Gasteiger partial charge in [-0.2, -0.15) is 5.10 Å². The summed E-state index contributed by atoms with van der Waals surface area (Å²) in [7, 11) is 1.68. The van der Waals surface area contributed by atoms with Gasteiger partial charge in [0.2, 0.25) is 0 Å². The number of hydrogen-bond donors (Lipinski definition) is 2. The van der Waals surface area contributed by atoms with Crippen molar-refractivity contribution in [2.75, 3.05) is 20.1 Å². The molecule has 2 amide bonds. The molecular formula is C19H22N6O. The summed E-state index contributed by atoms with van der Waals surface area (Å²) in [6.45, 7) is 4.97. The molecule has 0 atom stereocenters. The normalized spacial score (nSPS) is 14.3. The number of H-pyrrole nitrogens is 1. The van der Waals surface area contributed by atoms with Gasteiger partial charge in [0.1, 0.15) is 0 Å². The molecule has 1 aliphatic rings. The number of carbonyl (C=O) groups is 1. The highest BCUT2D eigenvalue weighted by molar-refractivity contribution is 5.82. The zero-order valence-electron chi connectivity index (χ0n) is 14.8. The van der Waals surface area contributed by atoms with E-state index in [1.807, 2.05) is 30.3 Å². The fourth-order valence-electron chi connectivity index (χ4n) is 3.00. The number of carbonyl (C=O) groups excluding carboxylic acids is 1. The third-order valence-electron chi connectivity index (χ3n) is 4.26. The molecule has 1 aromatic heterocycles. The van der Waals surface area contributed by atoms with Gasteiger partial charge in [-0.15, -0.1) is 0 Å². The first kappa shape index (κ1) is 17.6. The van der Waals surface area contributed by atoms with E-state index < -0.39 is 0 Å². The Bertz CT molecular complexity index is 837. The molecule has 0 saturated carbocycles. The van der Waals surface area contributed by atoms with Gasteiger partial charge in [-0.3, -0.25) is 15.1 Å². The Hall–Kier alpha value is -3.22. The van der Waals surface area contributed by atoms with Crippen molar-refractivity contribution >= 4 is 19.0 Å². The standard InChI is InChI=1S/C19H22N6O/c1-20-10-14(11-21-2)12-22-19(26)25-9-8-17-16(13-25)18(24-23-17)15-6-4-3-5-7-15/h3-7,10-11H,1,8-9,12-13H2,2H3,(H,22,26)(H,23,24)/b14-10+,21-11-. The Morgan fingerprint density at radius 3 is 2.96 bits per heavy atom. The van der Waals surface area contributed by atoms with Gasteiger partial charge in [-0.05, 0) is 6.72 Å². The molecule has 1 aliphatic heterocycles. The Morgan fingerprint density at radius 1 is 1.42 bits per heavy atom. The second-order valence-electron chi connectivity index (χ2n) is 6.00. The van der Waals surface area contributed by atoms with Gasteiger partial charge in [0.05, 0.1) is 12.2 Å². The Kier molecular flexibility index (Phi) is 5.58. The van der Waals surface area contributed by atoms with Crippen molar-refractivity contribution in [3.63, 3.8) is 0 Å². The molecule has 26 heavy (non-hydrogen) atoms. The number of aromatic amines is 1. The van der Waals surface area contributed by atoms with Gasteiger partial charge in [-0.1, -0.05) is 30.3 Å². The molecule has 2 aromatic rings. The van der Waals surface area contributed by atoms with Crippen molar-refractivity contribution in [1.82, 2.24) is 20.4 Å². The monoisotopic (exact) mass is 350 g/mol. The summed E-state index contributed by atoms with van der Waals surface area (Å²) in [6, 6.07) is 9.89. The SMILES string of the molecule is C=N/C=C(\C=N/C)CNC(=O)N1CCc2[nH]nc(-c3ccccc3)c2C1. The Morgan fingerprint density at radius 2 is 2.23 bits per heavy atom. The van der Waals surface area contributed by atoms with Gasteiger partial charge in [0.25, 0.3) is 0 Å². The average Bonchev–Trinajstić information content (AvgIpc) is 3.10. The Balaban J connectivity index is 1.70. The molecule has 0 saturated heterocycles. The molecule has 2 heterocycles. The minimum absolute atomic E-state index is 0.115. The van der Waals surface area contributed by atoms with Crippen LogP contribution in [-0.4, -0.2) is 54.2 Å². The maximum absolute atomic E-state index is 12.6. The predicted octanol–water partition coefficient (Wildman–Crippen LogP) is 2.43. The van der Waals surface area contributed by atoms with E-state index in [1.165, 1.54) is 0 Å². The van der Waals surface area contributed by atoms with Crippen LogP contribution in [0.1, 0.15) is 11.3 Å². The fourth-order valence-corrected chi connectivity index (χ4v) is 3.00. The van der Waals surface area contributed by atoms with E-state index in [2.05, 4.69) is 32.2 Å². The van der Waals surface area contributed by atoms with Crippen LogP contribution in [0.5, 0.6) is 0 Å². The highest BCUT2D eigenvalue weighted by Crippen LogP contribution is 2.28. The van der Waals surface area contributed by atoms with Crippen LogP contribution in [0.15, 0.2) is 52.1 Å².